The predicted molar refractivity (Wildman–Crippen MR) is 80.2 cm³/mol. The average molecular weight is 320 g/mol. The van der Waals surface area contributed by atoms with Crippen LogP contribution in [0.4, 0.5) is 14.5 Å². The molecule has 0 spiro atoms. The van der Waals surface area contributed by atoms with Gasteiger partial charge in [-0.1, -0.05) is 20.8 Å². The van der Waals surface area contributed by atoms with Gasteiger partial charge in [-0.2, -0.15) is 8.78 Å². The Kier molecular flexibility index (Phi) is 5.69. The van der Waals surface area contributed by atoms with Crippen molar-refractivity contribution < 1.29 is 17.2 Å². The summed E-state index contributed by atoms with van der Waals surface area (Å²) in [5.41, 5.74) is 6.76. The van der Waals surface area contributed by atoms with Crippen LogP contribution >= 0.6 is 0 Å². The number of alkyl halides is 2. The number of halogens is 2. The molecule has 0 saturated carbocycles. The maximum atomic E-state index is 12.4. The Bertz CT molecular complexity index is 551. The smallest absolute Gasteiger partial charge is 0.341 e. The molecule has 0 heterocycles. The first-order chi connectivity index (χ1) is 9.52. The Morgan fingerprint density at radius 1 is 1.19 bits per heavy atom. The number of rotatable bonds is 6. The van der Waals surface area contributed by atoms with E-state index in [1.165, 1.54) is 24.3 Å². The maximum Gasteiger partial charge on any atom is 0.341 e. The highest BCUT2D eigenvalue weighted by Crippen LogP contribution is 2.22. The van der Waals surface area contributed by atoms with Gasteiger partial charge in [-0.25, -0.2) is 8.42 Å². The molecule has 4 nitrogen and oxygen atoms in total. The van der Waals surface area contributed by atoms with Crippen LogP contribution in [0.2, 0.25) is 0 Å². The molecular formula is C14H22F2N2O2S. The summed E-state index contributed by atoms with van der Waals surface area (Å²) in [7, 11) is -4.53. The lowest BCUT2D eigenvalue weighted by atomic mass is 9.88. The van der Waals surface area contributed by atoms with Crippen LogP contribution in [0.1, 0.15) is 27.2 Å². The first-order valence-electron chi connectivity index (χ1n) is 6.64. The van der Waals surface area contributed by atoms with Gasteiger partial charge in [-0.15, -0.1) is 0 Å². The summed E-state index contributed by atoms with van der Waals surface area (Å²) in [6.07, 6.45) is 0.831. The Morgan fingerprint density at radius 2 is 1.71 bits per heavy atom. The molecule has 7 heteroatoms. The number of nitrogens with one attached hydrogen (secondary N) is 1. The van der Waals surface area contributed by atoms with E-state index in [1.807, 2.05) is 0 Å². The van der Waals surface area contributed by atoms with Crippen LogP contribution in [0.15, 0.2) is 29.2 Å². The van der Waals surface area contributed by atoms with Gasteiger partial charge < -0.3 is 11.1 Å². The maximum absolute atomic E-state index is 12.4. The first-order valence-corrected chi connectivity index (χ1v) is 8.18. The van der Waals surface area contributed by atoms with Gasteiger partial charge in [0.1, 0.15) is 0 Å². The van der Waals surface area contributed by atoms with Crippen molar-refractivity contribution in [3.05, 3.63) is 24.3 Å². The van der Waals surface area contributed by atoms with Crippen molar-refractivity contribution in [3.8, 4) is 0 Å². The van der Waals surface area contributed by atoms with Crippen molar-refractivity contribution >= 4 is 15.5 Å². The van der Waals surface area contributed by atoms with Crippen LogP contribution < -0.4 is 11.1 Å². The molecule has 0 aromatic heterocycles. The molecule has 0 radical (unpaired) electrons. The zero-order valence-electron chi connectivity index (χ0n) is 12.4. The van der Waals surface area contributed by atoms with E-state index in [0.717, 1.165) is 6.42 Å². The topological polar surface area (TPSA) is 72.2 Å². The molecule has 1 atom stereocenters. The van der Waals surface area contributed by atoms with Crippen molar-refractivity contribution in [1.29, 1.82) is 0 Å². The number of hydrogen-bond donors (Lipinski definition) is 2. The molecule has 1 rings (SSSR count). The highest BCUT2D eigenvalue weighted by Gasteiger charge is 2.26. The van der Waals surface area contributed by atoms with Crippen LogP contribution in [-0.4, -0.2) is 26.8 Å². The van der Waals surface area contributed by atoms with Crippen LogP contribution in [0.5, 0.6) is 0 Å². The monoisotopic (exact) mass is 320 g/mol. The van der Waals surface area contributed by atoms with Crippen molar-refractivity contribution in [1.82, 2.24) is 0 Å². The summed E-state index contributed by atoms with van der Waals surface area (Å²) in [5.74, 6) is -3.41. The van der Waals surface area contributed by atoms with Crippen molar-refractivity contribution in [2.24, 2.45) is 11.1 Å². The fourth-order valence-electron chi connectivity index (χ4n) is 1.97. The standard InChI is InChI=1S/C14H22F2N2O2S/c1-14(2,3)8-10(17)9-18-11-4-6-12(7-5-11)21(19,20)13(15)16/h4-7,10,13,18H,8-9,17H2,1-3H3. The van der Waals surface area contributed by atoms with E-state index in [-0.39, 0.29) is 16.4 Å². The van der Waals surface area contributed by atoms with E-state index in [1.54, 1.807) is 0 Å². The summed E-state index contributed by atoms with van der Waals surface area (Å²) in [6.45, 7) is 6.81. The summed E-state index contributed by atoms with van der Waals surface area (Å²) < 4.78 is 47.3. The Balaban J connectivity index is 2.64. The molecule has 0 saturated heterocycles. The van der Waals surface area contributed by atoms with Crippen LogP contribution in [-0.2, 0) is 9.84 Å². The molecule has 0 bridgehead atoms. The molecule has 120 valence electrons. The molecule has 0 aliphatic carbocycles. The molecule has 1 aromatic carbocycles. The van der Waals surface area contributed by atoms with Gasteiger partial charge in [-0.05, 0) is 36.1 Å². The average Bonchev–Trinajstić information content (AvgIpc) is 2.34. The highest BCUT2D eigenvalue weighted by atomic mass is 32.2. The minimum absolute atomic E-state index is 0.0468. The summed E-state index contributed by atoms with van der Waals surface area (Å²) >= 11 is 0. The van der Waals surface area contributed by atoms with Gasteiger partial charge in [0, 0.05) is 18.3 Å². The molecule has 21 heavy (non-hydrogen) atoms. The van der Waals surface area contributed by atoms with E-state index < -0.39 is 15.6 Å². The van der Waals surface area contributed by atoms with Gasteiger partial charge in [0.05, 0.1) is 4.90 Å². The second-order valence-electron chi connectivity index (χ2n) is 6.24. The molecule has 1 aromatic rings. The largest absolute Gasteiger partial charge is 0.383 e. The number of nitrogens with two attached hydrogens (primary N) is 1. The zero-order valence-corrected chi connectivity index (χ0v) is 13.3. The third-order valence-corrected chi connectivity index (χ3v) is 4.26. The van der Waals surface area contributed by atoms with Gasteiger partial charge in [0.25, 0.3) is 0 Å². The van der Waals surface area contributed by atoms with Gasteiger partial charge in [-0.3, -0.25) is 0 Å². The SMILES string of the molecule is CC(C)(C)CC(N)CNc1ccc(S(=O)(=O)C(F)F)cc1. The first kappa shape index (κ1) is 17.8. The lowest BCUT2D eigenvalue weighted by molar-refractivity contribution is 0.234. The van der Waals surface area contributed by atoms with Crippen LogP contribution in [0.3, 0.4) is 0 Å². The Morgan fingerprint density at radius 3 is 2.14 bits per heavy atom. The minimum Gasteiger partial charge on any atom is -0.383 e. The third-order valence-electron chi connectivity index (χ3n) is 2.86. The van der Waals surface area contributed by atoms with Crippen molar-refractivity contribution in [2.45, 2.75) is 43.9 Å². The summed E-state index contributed by atoms with van der Waals surface area (Å²) in [5, 5.41) is 3.07. The van der Waals surface area contributed by atoms with E-state index in [4.69, 9.17) is 5.73 Å². The molecule has 0 amide bonds. The van der Waals surface area contributed by atoms with Gasteiger partial charge >= 0.3 is 5.76 Å². The van der Waals surface area contributed by atoms with Crippen LogP contribution in [0.25, 0.3) is 0 Å². The fourth-order valence-corrected chi connectivity index (χ4v) is 2.69. The van der Waals surface area contributed by atoms with E-state index in [9.17, 15) is 17.2 Å². The Labute approximate surface area is 124 Å². The predicted octanol–water partition coefficient (Wildman–Crippen LogP) is 2.86. The number of anilines is 1. The van der Waals surface area contributed by atoms with Crippen LogP contribution in [0, 0.1) is 5.41 Å². The second-order valence-corrected chi connectivity index (χ2v) is 8.15. The van der Waals surface area contributed by atoms with Crippen molar-refractivity contribution in [2.75, 3.05) is 11.9 Å². The molecule has 0 aliphatic rings. The Hall–Kier alpha value is -1.21. The minimum atomic E-state index is -4.53. The number of benzene rings is 1. The third kappa shape index (κ3) is 5.59. The lowest BCUT2D eigenvalue weighted by Gasteiger charge is -2.23. The zero-order chi connectivity index (χ0) is 16.3. The lowest BCUT2D eigenvalue weighted by Crippen LogP contribution is -2.33. The number of hydrogen-bond acceptors (Lipinski definition) is 4. The molecule has 0 fully saturated rings. The quantitative estimate of drug-likeness (QED) is 0.845. The van der Waals surface area contributed by atoms with E-state index in [2.05, 4.69) is 26.1 Å². The molecule has 0 aliphatic heterocycles. The number of sulfone groups is 1. The molecule has 1 unspecified atom stereocenters. The molecular weight excluding hydrogens is 298 g/mol. The van der Waals surface area contributed by atoms with Gasteiger partial charge in [0.15, 0.2) is 0 Å². The van der Waals surface area contributed by atoms with Gasteiger partial charge in [0.2, 0.25) is 9.84 Å². The van der Waals surface area contributed by atoms with E-state index >= 15 is 0 Å². The highest BCUT2D eigenvalue weighted by molar-refractivity contribution is 7.91. The second kappa shape index (κ2) is 6.70. The fraction of sp³-hybridized carbons (Fsp3) is 0.571. The van der Waals surface area contributed by atoms with E-state index in [0.29, 0.717) is 12.2 Å². The summed E-state index contributed by atoms with van der Waals surface area (Å²) in [6, 6.07) is 5.20. The summed E-state index contributed by atoms with van der Waals surface area (Å²) in [4.78, 5) is -0.387. The normalized spacial score (nSPS) is 14.2. The molecule has 3 N–H and O–H groups in total. The van der Waals surface area contributed by atoms with Crippen molar-refractivity contribution in [3.63, 3.8) is 0 Å².